The van der Waals surface area contributed by atoms with E-state index in [0.29, 0.717) is 12.3 Å². The minimum absolute atomic E-state index is 0.0994. The molecule has 0 aliphatic heterocycles. The zero-order valence-corrected chi connectivity index (χ0v) is 8.23. The van der Waals surface area contributed by atoms with Gasteiger partial charge in [-0.3, -0.25) is 4.79 Å². The molecule has 15 heavy (non-hydrogen) atoms. The van der Waals surface area contributed by atoms with E-state index in [1.165, 1.54) is 5.56 Å². The molecule has 1 radical (unpaired) electrons. The highest BCUT2D eigenvalue weighted by Gasteiger charge is 2.06. The molecule has 4 heteroatoms. The monoisotopic (exact) mass is 201 g/mol. The zero-order chi connectivity index (χ0) is 10.7. The number of aryl methyl sites for hydroxylation is 1. The van der Waals surface area contributed by atoms with Crippen LogP contribution in [0.5, 0.6) is 0 Å². The van der Waals surface area contributed by atoms with E-state index in [9.17, 15) is 4.79 Å². The van der Waals surface area contributed by atoms with Crippen molar-refractivity contribution in [1.82, 2.24) is 10.2 Å². The molecular formula is C11H9N2O2. The maximum absolute atomic E-state index is 10.2. The Balaban J connectivity index is 2.18. The molecule has 0 unspecified atom stereocenters. The van der Waals surface area contributed by atoms with Crippen LogP contribution >= 0.6 is 0 Å². The highest BCUT2D eigenvalue weighted by Crippen LogP contribution is 2.09. The molecule has 4 nitrogen and oxygen atoms in total. The predicted octanol–water partition coefficient (Wildman–Crippen LogP) is 1.43. The normalized spacial score (nSPS) is 10.2. The fourth-order valence-electron chi connectivity index (χ4n) is 1.36. The molecule has 1 heterocycles. The van der Waals surface area contributed by atoms with E-state index < -0.39 is 0 Å². The summed E-state index contributed by atoms with van der Waals surface area (Å²) in [6.45, 7) is 2.02. The quantitative estimate of drug-likeness (QED) is 0.753. The highest BCUT2D eigenvalue weighted by atomic mass is 16.4. The lowest BCUT2D eigenvalue weighted by Gasteiger charge is -1.97. The second-order valence-corrected chi connectivity index (χ2v) is 3.27. The van der Waals surface area contributed by atoms with Gasteiger partial charge in [0.05, 0.1) is 6.42 Å². The van der Waals surface area contributed by atoms with Gasteiger partial charge < -0.3 is 4.42 Å². The molecule has 0 fully saturated rings. The van der Waals surface area contributed by atoms with Crippen molar-refractivity contribution in [3.8, 4) is 0 Å². The molecule has 0 amide bonds. The van der Waals surface area contributed by atoms with Crippen LogP contribution in [-0.2, 0) is 11.2 Å². The van der Waals surface area contributed by atoms with Crippen LogP contribution < -0.4 is 0 Å². The summed E-state index contributed by atoms with van der Waals surface area (Å²) in [5.74, 6) is 0.330. The largest absolute Gasteiger partial charge is 0.418 e. The van der Waals surface area contributed by atoms with E-state index in [4.69, 9.17) is 4.42 Å². The Bertz CT molecular complexity index is 477. The number of hydrogen-bond donors (Lipinski definition) is 0. The molecule has 2 aromatic rings. The van der Waals surface area contributed by atoms with Crippen LogP contribution in [0.3, 0.4) is 0 Å². The minimum Gasteiger partial charge on any atom is -0.418 e. The summed E-state index contributed by atoms with van der Waals surface area (Å²) in [5.41, 5.74) is 2.25. The molecular weight excluding hydrogens is 192 g/mol. The molecule has 0 bridgehead atoms. The fraction of sp³-hybridized carbons (Fsp3) is 0.182. The number of aromatic nitrogens is 2. The van der Waals surface area contributed by atoms with Crippen LogP contribution in [0, 0.1) is 6.92 Å². The van der Waals surface area contributed by atoms with E-state index in [-0.39, 0.29) is 5.89 Å². The maximum Gasteiger partial charge on any atom is 0.295 e. The van der Waals surface area contributed by atoms with Crippen LogP contribution in [0.2, 0.25) is 0 Å². The predicted molar refractivity (Wildman–Crippen MR) is 53.1 cm³/mol. The zero-order valence-electron chi connectivity index (χ0n) is 8.23. The highest BCUT2D eigenvalue weighted by molar-refractivity contribution is 5.67. The number of nitrogens with zero attached hydrogens (tertiary/aromatic N) is 2. The lowest BCUT2D eigenvalue weighted by Crippen LogP contribution is -1.88. The van der Waals surface area contributed by atoms with Crippen LogP contribution in [0.1, 0.15) is 22.9 Å². The first-order valence-electron chi connectivity index (χ1n) is 4.54. The Kier molecular flexibility index (Phi) is 2.58. The van der Waals surface area contributed by atoms with Crippen molar-refractivity contribution in [3.63, 3.8) is 0 Å². The van der Waals surface area contributed by atoms with Crippen LogP contribution in [0.25, 0.3) is 0 Å². The average Bonchev–Trinajstić information content (AvgIpc) is 2.65. The van der Waals surface area contributed by atoms with Crippen molar-refractivity contribution in [1.29, 1.82) is 0 Å². The standard InChI is InChI=1S/C11H9N2O2/c1-8-3-2-4-9(5-8)6-10-12-13-11(7-14)15-10/h2-5H,6H2,1H3. The first-order valence-corrected chi connectivity index (χ1v) is 4.54. The van der Waals surface area contributed by atoms with E-state index in [1.807, 2.05) is 31.2 Å². The minimum atomic E-state index is -0.0994. The molecule has 0 aliphatic rings. The third kappa shape index (κ3) is 2.28. The van der Waals surface area contributed by atoms with Crippen molar-refractivity contribution in [2.24, 2.45) is 0 Å². The molecule has 0 saturated heterocycles. The van der Waals surface area contributed by atoms with E-state index in [2.05, 4.69) is 10.2 Å². The van der Waals surface area contributed by atoms with Gasteiger partial charge in [-0.1, -0.05) is 29.8 Å². The third-order valence-electron chi connectivity index (χ3n) is 1.99. The van der Waals surface area contributed by atoms with Gasteiger partial charge in [0.15, 0.2) is 0 Å². The van der Waals surface area contributed by atoms with Crippen molar-refractivity contribution in [3.05, 3.63) is 47.2 Å². The lowest BCUT2D eigenvalue weighted by atomic mass is 10.1. The van der Waals surface area contributed by atoms with E-state index >= 15 is 0 Å². The SMILES string of the molecule is Cc1cccc(Cc2nnc([C]=O)o2)c1. The topological polar surface area (TPSA) is 56.0 Å². The molecule has 75 valence electrons. The first-order chi connectivity index (χ1) is 7.28. The van der Waals surface area contributed by atoms with Gasteiger partial charge in [0.1, 0.15) is 0 Å². The fourth-order valence-corrected chi connectivity index (χ4v) is 1.36. The van der Waals surface area contributed by atoms with Crippen molar-refractivity contribution in [2.45, 2.75) is 13.3 Å². The average molecular weight is 201 g/mol. The van der Waals surface area contributed by atoms with Gasteiger partial charge in [-0.25, -0.2) is 0 Å². The van der Waals surface area contributed by atoms with Gasteiger partial charge in [0, 0.05) is 0 Å². The molecule has 0 spiro atoms. The van der Waals surface area contributed by atoms with Gasteiger partial charge in [-0.2, -0.15) is 0 Å². The Morgan fingerprint density at radius 2 is 2.27 bits per heavy atom. The Hall–Kier alpha value is -1.97. The summed E-state index contributed by atoms with van der Waals surface area (Å²) in [7, 11) is 0. The van der Waals surface area contributed by atoms with Crippen molar-refractivity contribution < 1.29 is 9.21 Å². The summed E-state index contributed by atoms with van der Waals surface area (Å²) in [6.07, 6.45) is 2.09. The van der Waals surface area contributed by atoms with Gasteiger partial charge in [-0.05, 0) is 12.5 Å². The van der Waals surface area contributed by atoms with Gasteiger partial charge in [0.2, 0.25) is 5.89 Å². The molecule has 1 aromatic carbocycles. The van der Waals surface area contributed by atoms with Gasteiger partial charge in [-0.15, -0.1) is 10.2 Å². The van der Waals surface area contributed by atoms with Crippen LogP contribution in [-0.4, -0.2) is 16.5 Å². The Morgan fingerprint density at radius 3 is 2.93 bits per heavy atom. The molecule has 0 aliphatic carbocycles. The third-order valence-corrected chi connectivity index (χ3v) is 1.99. The second kappa shape index (κ2) is 4.04. The molecule has 2 rings (SSSR count). The summed E-state index contributed by atoms with van der Waals surface area (Å²) in [6, 6.07) is 7.99. The van der Waals surface area contributed by atoms with E-state index in [1.54, 1.807) is 6.29 Å². The summed E-state index contributed by atoms with van der Waals surface area (Å²) >= 11 is 0. The van der Waals surface area contributed by atoms with Gasteiger partial charge >= 0.3 is 0 Å². The number of hydrogen-bond acceptors (Lipinski definition) is 4. The molecule has 0 N–H and O–H groups in total. The van der Waals surface area contributed by atoms with Crippen molar-refractivity contribution in [2.75, 3.05) is 0 Å². The van der Waals surface area contributed by atoms with Crippen molar-refractivity contribution >= 4 is 6.29 Å². The second-order valence-electron chi connectivity index (χ2n) is 3.27. The summed E-state index contributed by atoms with van der Waals surface area (Å²) < 4.78 is 5.03. The van der Waals surface area contributed by atoms with Crippen LogP contribution in [0.4, 0.5) is 0 Å². The van der Waals surface area contributed by atoms with Gasteiger partial charge in [0.25, 0.3) is 12.2 Å². The Morgan fingerprint density at radius 1 is 1.40 bits per heavy atom. The first kappa shape index (κ1) is 9.58. The lowest BCUT2D eigenvalue weighted by molar-refractivity contribution is 0.479. The number of carbonyl (C=O) groups excluding carboxylic acids is 1. The maximum atomic E-state index is 10.2. The smallest absolute Gasteiger partial charge is 0.295 e. The molecule has 0 atom stereocenters. The summed E-state index contributed by atoms with van der Waals surface area (Å²) in [4.78, 5) is 10.2. The molecule has 1 aromatic heterocycles. The Labute approximate surface area is 86.9 Å². The van der Waals surface area contributed by atoms with Crippen LogP contribution in [0.15, 0.2) is 28.7 Å². The molecule has 0 saturated carbocycles. The number of benzene rings is 1. The van der Waals surface area contributed by atoms with E-state index in [0.717, 1.165) is 5.56 Å². The number of rotatable bonds is 3. The summed E-state index contributed by atoms with van der Waals surface area (Å²) in [5, 5.41) is 7.25.